The molecule has 1 aliphatic heterocycles. The average Bonchev–Trinajstić information content (AvgIpc) is 2.57. The Balaban J connectivity index is 0.00000144. The summed E-state index contributed by atoms with van der Waals surface area (Å²) < 4.78 is 29.5. The Bertz CT molecular complexity index is 504. The van der Waals surface area contributed by atoms with Crippen LogP contribution < -0.4 is 5.32 Å². The van der Waals surface area contributed by atoms with Gasteiger partial charge in [-0.2, -0.15) is 0 Å². The lowest BCUT2D eigenvalue weighted by atomic mass is 9.80. The van der Waals surface area contributed by atoms with E-state index in [1.54, 1.807) is 0 Å². The molecule has 0 amide bonds. The minimum absolute atomic E-state index is 0. The molecule has 2 nitrogen and oxygen atoms in total. The molecule has 2 aliphatic rings. The number of rotatable bonds is 3. The Morgan fingerprint density at radius 1 is 1.04 bits per heavy atom. The molecule has 0 radical (unpaired) electrons. The van der Waals surface area contributed by atoms with Gasteiger partial charge in [0.2, 0.25) is 0 Å². The second kappa shape index (κ2) is 10.3. The van der Waals surface area contributed by atoms with Crippen LogP contribution in [0.2, 0.25) is 0 Å². The van der Waals surface area contributed by atoms with E-state index in [9.17, 15) is 8.78 Å². The van der Waals surface area contributed by atoms with Crippen molar-refractivity contribution < 1.29 is 8.78 Å². The zero-order valence-electron chi connectivity index (χ0n) is 13.6. The van der Waals surface area contributed by atoms with Crippen LogP contribution in [0.25, 0.3) is 0 Å². The molecule has 1 aromatic rings. The summed E-state index contributed by atoms with van der Waals surface area (Å²) in [4.78, 5) is 2.28. The van der Waals surface area contributed by atoms with E-state index in [1.165, 1.54) is 31.4 Å². The average molecular weight is 446 g/mol. The van der Waals surface area contributed by atoms with Gasteiger partial charge in [0, 0.05) is 37.8 Å². The summed E-state index contributed by atoms with van der Waals surface area (Å²) in [6.45, 7) is 3.49. The predicted octanol–water partition coefficient (Wildman–Crippen LogP) is 5.10. The van der Waals surface area contributed by atoms with Gasteiger partial charge in [-0.05, 0) is 46.8 Å². The fourth-order valence-corrected chi connectivity index (χ4v) is 4.29. The largest absolute Gasteiger partial charge is 0.314 e. The van der Waals surface area contributed by atoms with Crippen LogP contribution in [0.3, 0.4) is 0 Å². The molecule has 7 heteroatoms. The predicted molar refractivity (Wildman–Crippen MR) is 102 cm³/mol. The van der Waals surface area contributed by atoms with Crippen molar-refractivity contribution in [3.05, 3.63) is 33.8 Å². The molecule has 1 atom stereocenters. The summed E-state index contributed by atoms with van der Waals surface area (Å²) >= 11 is 3.22. The summed E-state index contributed by atoms with van der Waals surface area (Å²) in [7, 11) is 0. The summed E-state index contributed by atoms with van der Waals surface area (Å²) in [6, 6.07) is 2.71. The van der Waals surface area contributed by atoms with Crippen LogP contribution in [0.5, 0.6) is 0 Å². The summed E-state index contributed by atoms with van der Waals surface area (Å²) in [5.41, 5.74) is 0.267. The lowest BCUT2D eigenvalue weighted by Crippen LogP contribution is -2.47. The molecule has 1 saturated heterocycles. The number of piperazine rings is 1. The van der Waals surface area contributed by atoms with E-state index in [2.05, 4.69) is 26.1 Å². The van der Waals surface area contributed by atoms with Crippen molar-refractivity contribution in [2.45, 2.75) is 38.1 Å². The Morgan fingerprint density at radius 2 is 1.67 bits per heavy atom. The Kier molecular flexibility index (Phi) is 9.46. The van der Waals surface area contributed by atoms with E-state index >= 15 is 0 Å². The van der Waals surface area contributed by atoms with Crippen molar-refractivity contribution in [3.8, 4) is 0 Å². The first-order chi connectivity index (χ1) is 10.7. The van der Waals surface area contributed by atoms with Gasteiger partial charge >= 0.3 is 0 Å². The smallest absolute Gasteiger partial charge is 0.145 e. The van der Waals surface area contributed by atoms with Crippen LogP contribution in [-0.2, 0) is 0 Å². The van der Waals surface area contributed by atoms with Crippen LogP contribution in [0, 0.1) is 17.6 Å². The molecule has 138 valence electrons. The molecule has 0 aromatic heterocycles. The molecule has 2 fully saturated rings. The minimum Gasteiger partial charge on any atom is -0.314 e. The van der Waals surface area contributed by atoms with E-state index in [-0.39, 0.29) is 36.4 Å². The third-order valence-corrected chi connectivity index (χ3v) is 5.63. The van der Waals surface area contributed by atoms with Crippen LogP contribution in [0.1, 0.15) is 43.7 Å². The van der Waals surface area contributed by atoms with Crippen LogP contribution >= 0.6 is 40.7 Å². The van der Waals surface area contributed by atoms with Crippen molar-refractivity contribution in [1.82, 2.24) is 10.2 Å². The highest BCUT2D eigenvalue weighted by molar-refractivity contribution is 9.10. The van der Waals surface area contributed by atoms with Crippen molar-refractivity contribution in [1.29, 1.82) is 0 Å². The van der Waals surface area contributed by atoms with Gasteiger partial charge in [-0.1, -0.05) is 19.3 Å². The van der Waals surface area contributed by atoms with Gasteiger partial charge < -0.3 is 5.32 Å². The molecule has 24 heavy (non-hydrogen) atoms. The van der Waals surface area contributed by atoms with Crippen LogP contribution in [0.15, 0.2) is 16.6 Å². The zero-order chi connectivity index (χ0) is 15.5. The van der Waals surface area contributed by atoms with Gasteiger partial charge in [0.15, 0.2) is 0 Å². The van der Waals surface area contributed by atoms with E-state index in [0.717, 1.165) is 39.0 Å². The van der Waals surface area contributed by atoms with Crippen LogP contribution in [0.4, 0.5) is 8.78 Å². The first kappa shape index (κ1) is 22.1. The van der Waals surface area contributed by atoms with Crippen molar-refractivity contribution in [2.75, 3.05) is 26.2 Å². The molecule has 1 aliphatic carbocycles. The summed E-state index contributed by atoms with van der Waals surface area (Å²) in [5.74, 6) is -0.478. The maximum absolute atomic E-state index is 14.7. The monoisotopic (exact) mass is 444 g/mol. The Labute approximate surface area is 163 Å². The Morgan fingerprint density at radius 3 is 2.29 bits per heavy atom. The maximum atomic E-state index is 14.7. The molecule has 0 spiro atoms. The topological polar surface area (TPSA) is 15.3 Å². The highest BCUT2D eigenvalue weighted by Crippen LogP contribution is 2.41. The molecule has 3 rings (SSSR count). The van der Waals surface area contributed by atoms with Crippen LogP contribution in [-0.4, -0.2) is 31.1 Å². The quantitative estimate of drug-likeness (QED) is 0.651. The van der Waals surface area contributed by atoms with Gasteiger partial charge in [-0.25, -0.2) is 8.78 Å². The molecule has 1 heterocycles. The van der Waals surface area contributed by atoms with Crippen molar-refractivity contribution in [3.63, 3.8) is 0 Å². The normalized spacial score (nSPS) is 20.8. The lowest BCUT2D eigenvalue weighted by Gasteiger charge is -2.41. The number of benzene rings is 1. The lowest BCUT2D eigenvalue weighted by molar-refractivity contribution is 0.0975. The van der Waals surface area contributed by atoms with E-state index in [4.69, 9.17) is 0 Å². The number of halogens is 5. The first-order valence-electron chi connectivity index (χ1n) is 8.26. The van der Waals surface area contributed by atoms with Gasteiger partial charge in [0.05, 0.1) is 4.47 Å². The summed E-state index contributed by atoms with van der Waals surface area (Å²) in [5, 5.41) is 3.33. The molecular weight excluding hydrogens is 421 g/mol. The fourth-order valence-electron chi connectivity index (χ4n) is 3.94. The van der Waals surface area contributed by atoms with E-state index in [0.29, 0.717) is 10.4 Å². The van der Waals surface area contributed by atoms with E-state index in [1.807, 2.05) is 0 Å². The standard InChI is InChI=1S/C17H23BrF2N2.2ClH/c18-13-6-7-14(19)15(16(13)20)17(12-4-2-1-3-5-12)22-10-8-21-9-11-22;;/h6-7,12,17,21H,1-5,8-11H2;2*1H/t17-;;/m1../s1. The van der Waals surface area contributed by atoms with Crippen molar-refractivity contribution >= 4 is 40.7 Å². The van der Waals surface area contributed by atoms with E-state index < -0.39 is 11.6 Å². The SMILES string of the molecule is Cl.Cl.Fc1ccc(Br)c(F)c1[C@@H](C1CCCCC1)N1CCNCC1. The van der Waals surface area contributed by atoms with Gasteiger partial charge in [0.1, 0.15) is 11.6 Å². The second-order valence-corrected chi connectivity index (χ2v) is 7.24. The zero-order valence-corrected chi connectivity index (χ0v) is 16.8. The molecule has 1 aromatic carbocycles. The first-order valence-corrected chi connectivity index (χ1v) is 9.06. The summed E-state index contributed by atoms with van der Waals surface area (Å²) in [6.07, 6.45) is 5.73. The Hall–Kier alpha value is 0.0600. The van der Waals surface area contributed by atoms with Gasteiger partial charge in [-0.15, -0.1) is 24.8 Å². The highest BCUT2D eigenvalue weighted by Gasteiger charge is 2.35. The number of hydrogen-bond acceptors (Lipinski definition) is 2. The van der Waals surface area contributed by atoms with Gasteiger partial charge in [-0.3, -0.25) is 4.90 Å². The number of nitrogens with one attached hydrogen (secondary N) is 1. The third kappa shape index (κ3) is 4.82. The second-order valence-electron chi connectivity index (χ2n) is 6.39. The molecule has 1 saturated carbocycles. The van der Waals surface area contributed by atoms with Gasteiger partial charge in [0.25, 0.3) is 0 Å². The minimum atomic E-state index is -0.422. The highest BCUT2D eigenvalue weighted by atomic mass is 79.9. The molecular formula is C17H25BrCl2F2N2. The molecule has 0 unspecified atom stereocenters. The fraction of sp³-hybridized carbons (Fsp3) is 0.647. The molecule has 1 N–H and O–H groups in total. The van der Waals surface area contributed by atoms with Crippen molar-refractivity contribution in [2.24, 2.45) is 5.92 Å². The maximum Gasteiger partial charge on any atom is 0.145 e. The third-order valence-electron chi connectivity index (χ3n) is 5.02. The molecule has 0 bridgehead atoms. The number of nitrogens with zero attached hydrogens (tertiary/aromatic N) is 1. The number of hydrogen-bond donors (Lipinski definition) is 1.